The second kappa shape index (κ2) is 6.67. The van der Waals surface area contributed by atoms with E-state index in [2.05, 4.69) is 0 Å². The Bertz CT molecular complexity index is 568. The van der Waals surface area contributed by atoms with Gasteiger partial charge in [0.2, 0.25) is 0 Å². The molecule has 0 saturated heterocycles. The topological polar surface area (TPSA) is 43.4 Å². The standard InChI is InChI=1S/C22H32BO3/c24-20-16-4-1-7-18(8-2-5-17(20)13-16)23-26-21(25)22-10-3-6-14-12-15(9-11-22)19(14)22/h14-19H,1-13H2. The average Bonchev–Trinajstić information content (AvgIpc) is 3.00. The molecule has 2 bridgehead atoms. The van der Waals surface area contributed by atoms with Crippen molar-refractivity contribution >= 4 is 19.2 Å². The molecule has 0 aliphatic heterocycles. The number of rotatable bonds is 3. The Morgan fingerprint density at radius 2 is 1.62 bits per heavy atom. The van der Waals surface area contributed by atoms with Gasteiger partial charge in [-0.05, 0) is 68.5 Å². The van der Waals surface area contributed by atoms with Gasteiger partial charge in [0, 0.05) is 11.8 Å². The highest BCUT2D eigenvalue weighted by Gasteiger charge is 2.63. The fraction of sp³-hybridized carbons (Fsp3) is 0.909. The zero-order valence-electron chi connectivity index (χ0n) is 16.0. The van der Waals surface area contributed by atoms with Gasteiger partial charge < -0.3 is 4.65 Å². The first-order chi connectivity index (χ1) is 12.7. The van der Waals surface area contributed by atoms with E-state index in [0.29, 0.717) is 29.4 Å². The lowest BCUT2D eigenvalue weighted by Gasteiger charge is -2.52. The summed E-state index contributed by atoms with van der Waals surface area (Å²) in [4.78, 5) is 25.1. The summed E-state index contributed by atoms with van der Waals surface area (Å²) < 4.78 is 5.89. The van der Waals surface area contributed by atoms with Crippen LogP contribution in [0, 0.1) is 35.0 Å². The number of carbonyl (C=O) groups is 2. The third-order valence-corrected chi connectivity index (χ3v) is 8.82. The van der Waals surface area contributed by atoms with E-state index in [1.807, 2.05) is 7.48 Å². The maximum absolute atomic E-state index is 13.1. The SMILES string of the molecule is O=C1C2CCCC([B]OC(=O)C34CCCC5CC(CC3)C54)CCCC1C2. The molecule has 1 radical (unpaired) electrons. The normalized spacial score (nSPS) is 47.2. The van der Waals surface area contributed by atoms with Gasteiger partial charge in [-0.1, -0.05) is 38.5 Å². The van der Waals surface area contributed by atoms with Gasteiger partial charge in [0.1, 0.15) is 5.78 Å². The Kier molecular flexibility index (Phi) is 4.44. The molecule has 0 aromatic carbocycles. The van der Waals surface area contributed by atoms with E-state index in [-0.39, 0.29) is 11.4 Å². The summed E-state index contributed by atoms with van der Waals surface area (Å²) in [6.07, 6.45) is 14.9. The molecule has 0 N–H and O–H groups in total. The van der Waals surface area contributed by atoms with Crippen molar-refractivity contribution in [2.45, 2.75) is 89.3 Å². The second-order valence-corrected chi connectivity index (χ2v) is 10.1. The molecule has 6 rings (SSSR count). The summed E-state index contributed by atoms with van der Waals surface area (Å²) in [5.74, 6) is 3.96. The average molecular weight is 355 g/mol. The van der Waals surface area contributed by atoms with E-state index in [1.165, 1.54) is 25.7 Å². The molecule has 0 aromatic rings. The van der Waals surface area contributed by atoms with Crippen molar-refractivity contribution < 1.29 is 14.2 Å². The molecule has 0 heterocycles. The van der Waals surface area contributed by atoms with Crippen LogP contribution in [0.2, 0.25) is 5.82 Å². The van der Waals surface area contributed by atoms with Gasteiger partial charge in [0.05, 0.1) is 5.41 Å². The lowest BCUT2D eigenvalue weighted by Crippen LogP contribution is -2.50. The van der Waals surface area contributed by atoms with Gasteiger partial charge in [0.25, 0.3) is 5.97 Å². The Labute approximate surface area is 158 Å². The fourth-order valence-electron chi connectivity index (χ4n) is 7.37. The lowest BCUT2D eigenvalue weighted by molar-refractivity contribution is -0.158. The van der Waals surface area contributed by atoms with Crippen LogP contribution >= 0.6 is 0 Å². The summed E-state index contributed by atoms with van der Waals surface area (Å²) in [6, 6.07) is 0. The zero-order valence-corrected chi connectivity index (χ0v) is 16.0. The van der Waals surface area contributed by atoms with Crippen LogP contribution in [0.25, 0.3) is 0 Å². The highest BCUT2D eigenvalue weighted by atomic mass is 16.5. The first kappa shape index (κ1) is 17.3. The maximum Gasteiger partial charge on any atom is 0.377 e. The number of hydrogen-bond donors (Lipinski definition) is 0. The van der Waals surface area contributed by atoms with E-state index >= 15 is 0 Å². The smallest absolute Gasteiger partial charge is 0.377 e. The monoisotopic (exact) mass is 355 g/mol. The summed E-state index contributed by atoms with van der Waals surface area (Å²) >= 11 is 0. The van der Waals surface area contributed by atoms with Gasteiger partial charge >= 0.3 is 7.48 Å². The minimum Gasteiger partial charge on any atom is -0.538 e. The van der Waals surface area contributed by atoms with Gasteiger partial charge in [-0.3, -0.25) is 9.59 Å². The van der Waals surface area contributed by atoms with Crippen LogP contribution in [0.15, 0.2) is 0 Å². The quantitative estimate of drug-likeness (QED) is 0.689. The first-order valence-corrected chi connectivity index (χ1v) is 11.3. The van der Waals surface area contributed by atoms with Crippen LogP contribution < -0.4 is 0 Å². The predicted molar refractivity (Wildman–Crippen MR) is 101 cm³/mol. The van der Waals surface area contributed by atoms with Crippen molar-refractivity contribution in [3.8, 4) is 0 Å². The van der Waals surface area contributed by atoms with Crippen molar-refractivity contribution in [1.82, 2.24) is 0 Å². The first-order valence-electron chi connectivity index (χ1n) is 11.3. The van der Waals surface area contributed by atoms with E-state index in [1.54, 1.807) is 0 Å². The van der Waals surface area contributed by atoms with Gasteiger partial charge in [-0.15, -0.1) is 0 Å². The zero-order chi connectivity index (χ0) is 17.7. The molecule has 6 saturated carbocycles. The van der Waals surface area contributed by atoms with Crippen molar-refractivity contribution in [3.05, 3.63) is 0 Å². The lowest BCUT2D eigenvalue weighted by atomic mass is 9.52. The van der Waals surface area contributed by atoms with Crippen molar-refractivity contribution in [2.24, 2.45) is 35.0 Å². The minimum atomic E-state index is -0.133. The highest BCUT2D eigenvalue weighted by molar-refractivity contribution is 6.32. The maximum atomic E-state index is 13.1. The van der Waals surface area contributed by atoms with Crippen molar-refractivity contribution in [2.75, 3.05) is 0 Å². The molecule has 6 atom stereocenters. The number of Topliss-reactive ketones (excluding diaryl/α,β-unsaturated/α-hetero) is 1. The van der Waals surface area contributed by atoms with Crippen LogP contribution in [-0.4, -0.2) is 19.2 Å². The molecular weight excluding hydrogens is 323 g/mol. The molecule has 6 unspecified atom stereocenters. The minimum absolute atomic E-state index is 0.101. The van der Waals surface area contributed by atoms with E-state index in [0.717, 1.165) is 69.6 Å². The molecule has 0 spiro atoms. The molecule has 26 heavy (non-hydrogen) atoms. The molecule has 3 nitrogen and oxygen atoms in total. The Morgan fingerprint density at radius 3 is 2.35 bits per heavy atom. The molecule has 4 heteroatoms. The summed E-state index contributed by atoms with van der Waals surface area (Å²) in [7, 11) is 1.90. The highest BCUT2D eigenvalue weighted by Crippen LogP contribution is 2.66. The van der Waals surface area contributed by atoms with Gasteiger partial charge in [-0.25, -0.2) is 0 Å². The molecule has 6 aliphatic carbocycles. The van der Waals surface area contributed by atoms with E-state index in [9.17, 15) is 9.59 Å². The third kappa shape index (κ3) is 2.69. The summed E-state index contributed by atoms with van der Waals surface area (Å²) in [5, 5.41) is 0. The van der Waals surface area contributed by atoms with Crippen LogP contribution in [0.3, 0.4) is 0 Å². The Morgan fingerprint density at radius 1 is 0.885 bits per heavy atom. The second-order valence-electron chi connectivity index (χ2n) is 10.1. The van der Waals surface area contributed by atoms with Crippen LogP contribution in [-0.2, 0) is 14.2 Å². The summed E-state index contributed by atoms with van der Waals surface area (Å²) in [5.41, 5.74) is -0.133. The molecule has 6 aliphatic rings. The number of fused-ring (bicyclic) bond motifs is 6. The number of ketones is 1. The molecule has 0 amide bonds. The van der Waals surface area contributed by atoms with Crippen LogP contribution in [0.5, 0.6) is 0 Å². The van der Waals surface area contributed by atoms with Gasteiger partial charge in [-0.2, -0.15) is 0 Å². The third-order valence-electron chi connectivity index (χ3n) is 8.82. The largest absolute Gasteiger partial charge is 0.538 e. The predicted octanol–water partition coefficient (Wildman–Crippen LogP) is 4.71. The molecule has 0 aromatic heterocycles. The molecular formula is C22H32BO3. The van der Waals surface area contributed by atoms with Crippen molar-refractivity contribution in [3.63, 3.8) is 0 Å². The Hall–Kier alpha value is -0.795. The van der Waals surface area contributed by atoms with Gasteiger partial charge in [0.15, 0.2) is 0 Å². The Balaban J connectivity index is 1.17. The van der Waals surface area contributed by atoms with Crippen molar-refractivity contribution in [1.29, 1.82) is 0 Å². The van der Waals surface area contributed by atoms with Crippen LogP contribution in [0.4, 0.5) is 0 Å². The number of carbonyl (C=O) groups excluding carboxylic acids is 2. The fourth-order valence-corrected chi connectivity index (χ4v) is 7.37. The molecule has 141 valence electrons. The van der Waals surface area contributed by atoms with E-state index < -0.39 is 0 Å². The van der Waals surface area contributed by atoms with Crippen LogP contribution in [0.1, 0.15) is 83.5 Å². The molecule has 6 fully saturated rings. The summed E-state index contributed by atoms with van der Waals surface area (Å²) in [6.45, 7) is 0. The number of hydrogen-bond acceptors (Lipinski definition) is 3. The van der Waals surface area contributed by atoms with E-state index in [4.69, 9.17) is 4.65 Å².